The van der Waals surface area contributed by atoms with Crippen molar-refractivity contribution in [2.45, 2.75) is 76.4 Å². The number of aromatic nitrogens is 3. The number of rotatable bonds is 23. The second kappa shape index (κ2) is 21.6. The molecule has 66 heavy (non-hydrogen) atoms. The summed E-state index contributed by atoms with van der Waals surface area (Å²) in [6.07, 6.45) is 4.65. The van der Waals surface area contributed by atoms with E-state index in [0.29, 0.717) is 67.4 Å². The van der Waals surface area contributed by atoms with E-state index in [9.17, 15) is 41.9 Å². The lowest BCUT2D eigenvalue weighted by Gasteiger charge is -2.27. The van der Waals surface area contributed by atoms with Gasteiger partial charge < -0.3 is 25.4 Å². The monoisotopic (exact) mass is 914 g/mol. The molecule has 5 aromatic rings. The second-order valence-electron chi connectivity index (χ2n) is 16.3. The molecular formula is C47H53F3N8O8. The number of ether oxygens (including phenoxy) is 2. The Morgan fingerprint density at radius 1 is 0.803 bits per heavy atom. The van der Waals surface area contributed by atoms with Gasteiger partial charge in [0.05, 0.1) is 48.6 Å². The predicted molar refractivity (Wildman–Crippen MR) is 238 cm³/mol. The molecular weight excluding hydrogens is 862 g/mol. The van der Waals surface area contributed by atoms with Crippen LogP contribution in [-0.2, 0) is 37.1 Å². The van der Waals surface area contributed by atoms with E-state index < -0.39 is 41.4 Å². The average Bonchev–Trinajstić information content (AvgIpc) is 3.90. The van der Waals surface area contributed by atoms with Crippen LogP contribution in [0.2, 0.25) is 0 Å². The summed E-state index contributed by atoms with van der Waals surface area (Å²) in [5.74, 6) is -2.43. The molecule has 7 rings (SSSR count). The maximum Gasteiger partial charge on any atom is 0.416 e. The number of carbonyl (C=O) groups is 6. The third kappa shape index (κ3) is 11.2. The highest BCUT2D eigenvalue weighted by Gasteiger charge is 2.45. The van der Waals surface area contributed by atoms with Crippen molar-refractivity contribution in [1.29, 1.82) is 0 Å². The van der Waals surface area contributed by atoms with Crippen LogP contribution < -0.4 is 21.3 Å². The number of benzene rings is 3. The van der Waals surface area contributed by atoms with Gasteiger partial charge in [-0.15, -0.1) is 0 Å². The molecule has 4 heterocycles. The number of nitrogens with one attached hydrogen (secondary N) is 4. The molecule has 0 radical (unpaired) electrons. The van der Waals surface area contributed by atoms with Gasteiger partial charge in [0.25, 0.3) is 17.7 Å². The van der Waals surface area contributed by atoms with Crippen molar-refractivity contribution in [3.05, 3.63) is 89.1 Å². The Morgan fingerprint density at radius 3 is 2.21 bits per heavy atom. The lowest BCUT2D eigenvalue weighted by atomic mass is 10.0. The van der Waals surface area contributed by atoms with E-state index in [1.54, 1.807) is 58.9 Å². The highest BCUT2D eigenvalue weighted by Crippen LogP contribution is 2.35. The van der Waals surface area contributed by atoms with E-state index in [2.05, 4.69) is 26.4 Å². The predicted octanol–water partition coefficient (Wildman–Crippen LogP) is 6.05. The number of hydrogen-bond acceptors (Lipinski definition) is 10. The topological polar surface area (TPSA) is 195 Å². The van der Waals surface area contributed by atoms with Crippen molar-refractivity contribution < 1.29 is 51.4 Å². The smallest absolute Gasteiger partial charge is 0.384 e. The van der Waals surface area contributed by atoms with Crippen molar-refractivity contribution in [3.8, 4) is 5.69 Å². The zero-order valence-corrected chi connectivity index (χ0v) is 36.6. The zero-order valence-electron chi connectivity index (χ0n) is 36.6. The van der Waals surface area contributed by atoms with E-state index in [0.717, 1.165) is 72.8 Å². The molecule has 0 saturated carbocycles. The first-order chi connectivity index (χ1) is 31.8. The first-order valence-corrected chi connectivity index (χ1v) is 22.3. The number of nitrogens with zero attached hydrogens (tertiary/aromatic N) is 4. The van der Waals surface area contributed by atoms with Crippen LogP contribution in [0, 0.1) is 0 Å². The lowest BCUT2D eigenvalue weighted by molar-refractivity contribution is -0.138. The van der Waals surface area contributed by atoms with Crippen molar-refractivity contribution in [2.75, 3.05) is 51.4 Å². The van der Waals surface area contributed by atoms with Crippen molar-refractivity contribution in [1.82, 2.24) is 35.2 Å². The molecule has 1 fully saturated rings. The Labute approximate surface area is 378 Å². The van der Waals surface area contributed by atoms with Crippen LogP contribution in [-0.4, -0.2) is 107 Å². The van der Waals surface area contributed by atoms with Crippen LogP contribution in [0.5, 0.6) is 0 Å². The number of carbonyl (C=O) groups excluding carboxylic acids is 6. The fourth-order valence-corrected chi connectivity index (χ4v) is 8.29. The lowest BCUT2D eigenvalue weighted by Crippen LogP contribution is -2.54. The fourth-order valence-electron chi connectivity index (χ4n) is 8.29. The van der Waals surface area contributed by atoms with E-state index >= 15 is 0 Å². The maximum absolute atomic E-state index is 13.3. The summed E-state index contributed by atoms with van der Waals surface area (Å²) in [6.45, 7) is 2.52. The first-order valence-electron chi connectivity index (χ1n) is 22.3. The van der Waals surface area contributed by atoms with Gasteiger partial charge in [-0.1, -0.05) is 38.2 Å². The fraction of sp³-hybridized carbons (Fsp3) is 0.426. The van der Waals surface area contributed by atoms with Gasteiger partial charge in [-0.05, 0) is 73.9 Å². The van der Waals surface area contributed by atoms with Gasteiger partial charge in [-0.25, -0.2) is 0 Å². The number of imide groups is 2. The van der Waals surface area contributed by atoms with Gasteiger partial charge in [0.1, 0.15) is 6.04 Å². The molecule has 0 bridgehead atoms. The van der Waals surface area contributed by atoms with Gasteiger partial charge in [0, 0.05) is 73.4 Å². The molecule has 6 amide bonds. The normalized spacial score (nSPS) is 15.2. The number of piperidine rings is 1. The third-order valence-corrected chi connectivity index (χ3v) is 11.6. The van der Waals surface area contributed by atoms with E-state index in [1.807, 2.05) is 0 Å². The number of amides is 6. The summed E-state index contributed by atoms with van der Waals surface area (Å²) in [5, 5.41) is 17.2. The van der Waals surface area contributed by atoms with Crippen LogP contribution in [0.25, 0.3) is 27.6 Å². The Bertz CT molecular complexity index is 2590. The van der Waals surface area contributed by atoms with Gasteiger partial charge >= 0.3 is 6.18 Å². The molecule has 2 aromatic heterocycles. The summed E-state index contributed by atoms with van der Waals surface area (Å²) in [6, 6.07) is 14.1. The number of aryl methyl sites for hydroxylation is 1. The average molecular weight is 915 g/mol. The Morgan fingerprint density at radius 2 is 1.50 bits per heavy atom. The molecule has 2 aliphatic rings. The van der Waals surface area contributed by atoms with Gasteiger partial charge in [0.15, 0.2) is 5.65 Å². The molecule has 3 aromatic carbocycles. The minimum atomic E-state index is -4.45. The van der Waals surface area contributed by atoms with Crippen LogP contribution >= 0.6 is 0 Å². The first kappa shape index (κ1) is 47.4. The summed E-state index contributed by atoms with van der Waals surface area (Å²) in [7, 11) is 1.75. The molecule has 19 heteroatoms. The van der Waals surface area contributed by atoms with E-state index in [-0.39, 0.29) is 48.9 Å². The molecule has 1 unspecified atom stereocenters. The summed E-state index contributed by atoms with van der Waals surface area (Å²) < 4.78 is 54.1. The van der Waals surface area contributed by atoms with Crippen LogP contribution in [0.3, 0.4) is 0 Å². The highest BCUT2D eigenvalue weighted by atomic mass is 19.4. The van der Waals surface area contributed by atoms with Crippen molar-refractivity contribution in [3.63, 3.8) is 0 Å². The second-order valence-corrected chi connectivity index (χ2v) is 16.3. The number of fused-ring (bicyclic) bond motifs is 4. The number of unbranched alkanes of at least 4 members (excludes halogenated alkanes) is 6. The molecule has 16 nitrogen and oxygen atoms in total. The van der Waals surface area contributed by atoms with E-state index in [4.69, 9.17) is 9.47 Å². The number of anilines is 1. The van der Waals surface area contributed by atoms with Crippen LogP contribution in [0.1, 0.15) is 101 Å². The molecule has 350 valence electrons. The van der Waals surface area contributed by atoms with Gasteiger partial charge in [0.2, 0.25) is 17.7 Å². The minimum Gasteiger partial charge on any atom is -0.384 e. The molecule has 1 atom stereocenters. The number of alkyl halides is 3. The standard InChI is InChI=1S/C47H53F3N8O8/c1-56-29-35-34-28-30(13-18-37(34)57(42(35)55-56)32-16-14-31(15-17-32)47(48,49)50)43(61)53-23-25-66-27-26-65-24-22-52-39(59)12-7-5-3-2-4-6-8-21-51-36-11-9-10-33-41(36)46(64)58(45(33)63)38-19-20-40(60)54-44(38)62/h9-11,13-18,28-29,38,51H,2-8,12,19-27H2,1H3,(H,52,59)(H,53,61)(H,54,60,62). The van der Waals surface area contributed by atoms with Crippen LogP contribution in [0.4, 0.5) is 18.9 Å². The Kier molecular flexibility index (Phi) is 15.5. The molecule has 1 saturated heterocycles. The number of hydrogen-bond donors (Lipinski definition) is 4. The van der Waals surface area contributed by atoms with Gasteiger partial charge in [-0.2, -0.15) is 18.3 Å². The number of halogens is 3. The van der Waals surface area contributed by atoms with Crippen molar-refractivity contribution >= 4 is 63.1 Å². The van der Waals surface area contributed by atoms with Crippen molar-refractivity contribution in [2.24, 2.45) is 7.05 Å². The maximum atomic E-state index is 13.3. The largest absolute Gasteiger partial charge is 0.416 e. The summed E-state index contributed by atoms with van der Waals surface area (Å²) >= 11 is 0. The minimum absolute atomic E-state index is 0.0230. The molecule has 0 spiro atoms. The SMILES string of the molecule is Cn1cc2c3cc(C(=O)NCCOCCOCCNC(=O)CCCCCCCCCNc4cccc5c4C(=O)N(C4CCC(=O)NC4=O)C5=O)ccc3n(-c3ccc(C(F)(F)F)cc3)c2n1. The summed E-state index contributed by atoms with van der Waals surface area (Å²) in [4.78, 5) is 76.4. The quantitative estimate of drug-likeness (QED) is 0.0443. The highest BCUT2D eigenvalue weighted by molar-refractivity contribution is 6.25. The Hall–Kier alpha value is -6.60. The zero-order chi connectivity index (χ0) is 46.8. The third-order valence-electron chi connectivity index (χ3n) is 11.6. The van der Waals surface area contributed by atoms with Crippen LogP contribution in [0.15, 0.2) is 66.9 Å². The molecule has 2 aliphatic heterocycles. The molecule has 0 aliphatic carbocycles. The molecule has 4 N–H and O–H groups in total. The summed E-state index contributed by atoms with van der Waals surface area (Å²) in [5.41, 5.74) is 2.51. The Balaban J connectivity index is 0.692. The van der Waals surface area contributed by atoms with E-state index in [1.165, 1.54) is 12.1 Å². The van der Waals surface area contributed by atoms with Gasteiger partial charge in [-0.3, -0.25) is 48.2 Å².